The predicted molar refractivity (Wildman–Crippen MR) is 148 cm³/mol. The second-order valence-electron chi connectivity index (χ2n) is 9.07. The fraction of sp³-hybridized carbons (Fsp3) is 0.345. The fourth-order valence-corrected chi connectivity index (χ4v) is 4.37. The molecule has 4 rings (SSSR count). The van der Waals surface area contributed by atoms with E-state index in [1.165, 1.54) is 11.1 Å². The molecule has 5 nitrogen and oxygen atoms in total. The number of ether oxygens (including phenoxy) is 1. The molecular weight excluding hydrogens is 454 g/mol. The van der Waals surface area contributed by atoms with Crippen LogP contribution in [0.1, 0.15) is 30.9 Å². The van der Waals surface area contributed by atoms with Gasteiger partial charge in [-0.1, -0.05) is 78.9 Å². The maximum Gasteiger partial charge on any atom is 0.409 e. The Balaban J connectivity index is 0.00000342. The Morgan fingerprint density at radius 3 is 1.89 bits per heavy atom. The lowest BCUT2D eigenvalue weighted by Crippen LogP contribution is -2.44. The minimum atomic E-state index is -0.204. The smallest absolute Gasteiger partial charge is 0.409 e. The van der Waals surface area contributed by atoms with Crippen molar-refractivity contribution in [1.29, 1.82) is 0 Å². The lowest BCUT2D eigenvalue weighted by molar-refractivity contribution is 0.0595. The van der Waals surface area contributed by atoms with Gasteiger partial charge in [-0.25, -0.2) is 4.79 Å². The number of rotatable bonds is 9. The molecule has 1 heterocycles. The maximum atomic E-state index is 12.8. The van der Waals surface area contributed by atoms with Crippen molar-refractivity contribution in [2.45, 2.75) is 44.9 Å². The number of nitrogens with one attached hydrogen (secondary N) is 1. The van der Waals surface area contributed by atoms with E-state index in [1.54, 1.807) is 0 Å². The number of nitrogens with zero attached hydrogens (tertiary/aromatic N) is 2. The van der Waals surface area contributed by atoms with Gasteiger partial charge >= 0.3 is 6.09 Å². The highest BCUT2D eigenvalue weighted by atomic mass is 32.1. The van der Waals surface area contributed by atoms with Crippen molar-refractivity contribution in [2.24, 2.45) is 0 Å². The highest BCUT2D eigenvalue weighted by Gasteiger charge is 2.25. The molecule has 1 aliphatic rings. The number of carbonyl (C=O) groups excluding carboxylic acids is 1. The van der Waals surface area contributed by atoms with E-state index >= 15 is 0 Å². The van der Waals surface area contributed by atoms with Gasteiger partial charge in [0, 0.05) is 44.0 Å². The van der Waals surface area contributed by atoms with E-state index in [2.05, 4.69) is 77.8 Å². The number of amides is 1. The molecule has 6 heteroatoms. The molecular formula is C29H37N3O2S. The zero-order chi connectivity index (χ0) is 23.6. The third-order valence-corrected chi connectivity index (χ3v) is 6.43. The zero-order valence-electron chi connectivity index (χ0n) is 20.5. The van der Waals surface area contributed by atoms with Gasteiger partial charge in [0.15, 0.2) is 0 Å². The Kier molecular flexibility index (Phi) is 10.5. The number of carbonyl (C=O) groups is 1. The summed E-state index contributed by atoms with van der Waals surface area (Å²) in [5.74, 6) is 0. The number of piperidine rings is 1. The number of hydrogen-bond donors (Lipinski definition) is 1. The molecule has 0 unspecified atom stereocenters. The quantitative estimate of drug-likeness (QED) is 0.405. The number of para-hydroxylation sites is 1. The SMILES string of the molecule is C[C@@H](COC(=O)N1CCC(Nc2ccccc2)CC1)N(Cc1ccccc1)Cc1ccccc1.S. The van der Waals surface area contributed by atoms with E-state index in [4.69, 9.17) is 4.74 Å². The van der Waals surface area contributed by atoms with Gasteiger partial charge in [0.05, 0.1) is 0 Å². The highest BCUT2D eigenvalue weighted by molar-refractivity contribution is 7.59. The largest absolute Gasteiger partial charge is 0.448 e. The standard InChI is InChI=1S/C29H35N3O2.H2S/c1-24(32(21-25-11-5-2-6-12-25)22-26-13-7-3-8-14-26)23-34-29(33)31-19-17-28(18-20-31)30-27-15-9-4-10-16-27;/h2-16,24,28,30H,17-23H2,1H3;1H2/t24-;/m0./s1. The second-order valence-corrected chi connectivity index (χ2v) is 9.07. The summed E-state index contributed by atoms with van der Waals surface area (Å²) in [5, 5.41) is 3.57. The summed E-state index contributed by atoms with van der Waals surface area (Å²) in [6, 6.07) is 31.7. The summed E-state index contributed by atoms with van der Waals surface area (Å²) in [7, 11) is 0. The molecule has 186 valence electrons. The summed E-state index contributed by atoms with van der Waals surface area (Å²) in [6.45, 7) is 5.57. The topological polar surface area (TPSA) is 44.8 Å². The lowest BCUT2D eigenvalue weighted by atomic mass is 10.1. The molecule has 0 aliphatic carbocycles. The number of anilines is 1. The predicted octanol–water partition coefficient (Wildman–Crippen LogP) is 5.90. The van der Waals surface area contributed by atoms with Crippen LogP contribution >= 0.6 is 13.5 Å². The van der Waals surface area contributed by atoms with Crippen LogP contribution < -0.4 is 5.32 Å². The normalized spacial score (nSPS) is 14.7. The Labute approximate surface area is 216 Å². The van der Waals surface area contributed by atoms with Crippen LogP contribution in [-0.4, -0.2) is 47.7 Å². The highest BCUT2D eigenvalue weighted by Crippen LogP contribution is 2.18. The molecule has 35 heavy (non-hydrogen) atoms. The Bertz CT molecular complexity index is 955. The van der Waals surface area contributed by atoms with Gasteiger partial charge in [0.25, 0.3) is 0 Å². The van der Waals surface area contributed by atoms with E-state index in [1.807, 2.05) is 35.2 Å². The lowest BCUT2D eigenvalue weighted by Gasteiger charge is -2.33. The van der Waals surface area contributed by atoms with Gasteiger partial charge in [-0.05, 0) is 43.0 Å². The first-order chi connectivity index (χ1) is 16.7. The molecule has 1 aliphatic heterocycles. The Morgan fingerprint density at radius 1 is 0.886 bits per heavy atom. The van der Waals surface area contributed by atoms with E-state index in [0.717, 1.165) is 44.7 Å². The molecule has 0 saturated carbocycles. The zero-order valence-corrected chi connectivity index (χ0v) is 21.5. The summed E-state index contributed by atoms with van der Waals surface area (Å²) in [4.78, 5) is 17.0. The first kappa shape index (κ1) is 26.6. The monoisotopic (exact) mass is 491 g/mol. The van der Waals surface area contributed by atoms with E-state index in [9.17, 15) is 4.79 Å². The van der Waals surface area contributed by atoms with Crippen LogP contribution in [-0.2, 0) is 17.8 Å². The number of benzene rings is 3. The summed E-state index contributed by atoms with van der Waals surface area (Å²) >= 11 is 0. The molecule has 0 radical (unpaired) electrons. The van der Waals surface area contributed by atoms with Gasteiger partial charge in [0.1, 0.15) is 6.61 Å². The molecule has 1 atom stereocenters. The molecule has 3 aromatic rings. The third-order valence-electron chi connectivity index (χ3n) is 6.43. The van der Waals surface area contributed by atoms with Gasteiger partial charge in [-0.3, -0.25) is 4.90 Å². The van der Waals surface area contributed by atoms with Crippen LogP contribution in [0.4, 0.5) is 10.5 Å². The van der Waals surface area contributed by atoms with E-state index in [-0.39, 0.29) is 25.6 Å². The van der Waals surface area contributed by atoms with Crippen molar-refractivity contribution in [3.63, 3.8) is 0 Å². The van der Waals surface area contributed by atoms with Crippen molar-refractivity contribution in [1.82, 2.24) is 9.80 Å². The third kappa shape index (κ3) is 8.34. The summed E-state index contributed by atoms with van der Waals surface area (Å²) in [5.41, 5.74) is 3.64. The van der Waals surface area contributed by atoms with Crippen LogP contribution in [0.25, 0.3) is 0 Å². The van der Waals surface area contributed by atoms with Gasteiger partial charge in [0.2, 0.25) is 0 Å². The van der Waals surface area contributed by atoms with Crippen LogP contribution in [0, 0.1) is 0 Å². The van der Waals surface area contributed by atoms with Crippen LogP contribution in [0.2, 0.25) is 0 Å². The first-order valence-electron chi connectivity index (χ1n) is 12.2. The number of likely N-dealkylation sites (tertiary alicyclic amines) is 1. The first-order valence-corrected chi connectivity index (χ1v) is 12.2. The molecule has 1 fully saturated rings. The Hall–Kier alpha value is -2.96. The average molecular weight is 492 g/mol. The van der Waals surface area contributed by atoms with Crippen molar-refractivity contribution < 1.29 is 9.53 Å². The maximum absolute atomic E-state index is 12.8. The average Bonchev–Trinajstić information content (AvgIpc) is 2.89. The van der Waals surface area contributed by atoms with Crippen LogP contribution in [0.15, 0.2) is 91.0 Å². The van der Waals surface area contributed by atoms with E-state index in [0.29, 0.717) is 12.6 Å². The second kappa shape index (κ2) is 13.8. The molecule has 0 spiro atoms. The summed E-state index contributed by atoms with van der Waals surface area (Å²) in [6.07, 6.45) is 1.64. The van der Waals surface area contributed by atoms with Crippen molar-refractivity contribution in [2.75, 3.05) is 25.0 Å². The molecule has 1 N–H and O–H groups in total. The van der Waals surface area contributed by atoms with Gasteiger partial charge in [-0.2, -0.15) is 13.5 Å². The Morgan fingerprint density at radius 2 is 1.37 bits per heavy atom. The van der Waals surface area contributed by atoms with E-state index < -0.39 is 0 Å². The molecule has 3 aromatic carbocycles. The van der Waals surface area contributed by atoms with Gasteiger partial charge < -0.3 is 15.0 Å². The molecule has 0 aromatic heterocycles. The number of hydrogen-bond acceptors (Lipinski definition) is 4. The van der Waals surface area contributed by atoms with Crippen molar-refractivity contribution >= 4 is 25.3 Å². The minimum Gasteiger partial charge on any atom is -0.448 e. The molecule has 1 saturated heterocycles. The van der Waals surface area contributed by atoms with Gasteiger partial charge in [-0.15, -0.1) is 0 Å². The molecule has 1 amide bonds. The van der Waals surface area contributed by atoms with Crippen molar-refractivity contribution in [3.8, 4) is 0 Å². The van der Waals surface area contributed by atoms with Crippen LogP contribution in [0.3, 0.4) is 0 Å². The van der Waals surface area contributed by atoms with Crippen molar-refractivity contribution in [3.05, 3.63) is 102 Å². The minimum absolute atomic E-state index is 0. The fourth-order valence-electron chi connectivity index (χ4n) is 4.37. The molecule has 0 bridgehead atoms. The summed E-state index contributed by atoms with van der Waals surface area (Å²) < 4.78 is 5.78. The van der Waals surface area contributed by atoms with Crippen LogP contribution in [0.5, 0.6) is 0 Å².